The molecule has 116 valence electrons. The van der Waals surface area contributed by atoms with E-state index in [0.717, 1.165) is 31.4 Å². The quantitative estimate of drug-likeness (QED) is 0.536. The molecule has 0 aromatic heterocycles. The van der Waals surface area contributed by atoms with E-state index in [0.29, 0.717) is 12.1 Å². The molecule has 0 atom stereocenters. The zero-order chi connectivity index (χ0) is 15.7. The average molecular weight is 327 g/mol. The van der Waals surface area contributed by atoms with Crippen LogP contribution in [-0.2, 0) is 10.0 Å². The standard InChI is InChI=1S/C14H21N3O2S2/c1-20-9-5-3-2-4-8-17-21(18,19)14-7-6-12(11-15)10-13(14)16/h6-7,10,17H,2-5,8-9,16H2,1H3. The molecule has 3 N–H and O–H groups in total. The number of nitrogens with two attached hydrogens (primary N) is 1. The van der Waals surface area contributed by atoms with Crippen molar-refractivity contribution in [2.75, 3.05) is 24.3 Å². The van der Waals surface area contributed by atoms with Gasteiger partial charge in [-0.15, -0.1) is 0 Å². The van der Waals surface area contributed by atoms with Gasteiger partial charge in [-0.1, -0.05) is 12.8 Å². The molecule has 0 radical (unpaired) electrons. The van der Waals surface area contributed by atoms with Crippen molar-refractivity contribution in [2.45, 2.75) is 30.6 Å². The average Bonchev–Trinajstić information content (AvgIpc) is 2.45. The molecule has 0 saturated carbocycles. The molecule has 7 heteroatoms. The molecule has 1 aromatic carbocycles. The Labute approximate surface area is 131 Å². The third-order valence-corrected chi connectivity index (χ3v) is 5.23. The fraction of sp³-hybridized carbons (Fsp3) is 0.500. The molecule has 0 fully saturated rings. The minimum absolute atomic E-state index is 0.0314. The van der Waals surface area contributed by atoms with Crippen LogP contribution in [0.15, 0.2) is 23.1 Å². The number of thioether (sulfide) groups is 1. The minimum Gasteiger partial charge on any atom is -0.398 e. The molecular formula is C14H21N3O2S2. The fourth-order valence-electron chi connectivity index (χ4n) is 1.87. The predicted molar refractivity (Wildman–Crippen MR) is 87.6 cm³/mol. The van der Waals surface area contributed by atoms with Gasteiger partial charge in [-0.25, -0.2) is 13.1 Å². The molecule has 0 aliphatic rings. The Morgan fingerprint density at radius 3 is 2.62 bits per heavy atom. The van der Waals surface area contributed by atoms with Crippen molar-refractivity contribution < 1.29 is 8.42 Å². The molecular weight excluding hydrogens is 306 g/mol. The first-order chi connectivity index (χ1) is 10.0. The molecule has 21 heavy (non-hydrogen) atoms. The van der Waals surface area contributed by atoms with Gasteiger partial charge < -0.3 is 5.73 Å². The summed E-state index contributed by atoms with van der Waals surface area (Å²) in [6, 6.07) is 6.12. The van der Waals surface area contributed by atoms with Gasteiger partial charge in [-0.05, 0) is 43.0 Å². The van der Waals surface area contributed by atoms with Crippen molar-refractivity contribution in [3.8, 4) is 6.07 Å². The lowest BCUT2D eigenvalue weighted by Gasteiger charge is -2.09. The van der Waals surface area contributed by atoms with Gasteiger partial charge in [0.2, 0.25) is 10.0 Å². The Hall–Kier alpha value is -1.23. The summed E-state index contributed by atoms with van der Waals surface area (Å²) in [6.07, 6.45) is 6.17. The first-order valence-corrected chi connectivity index (χ1v) is 9.67. The molecule has 1 rings (SSSR count). The molecule has 0 aliphatic carbocycles. The number of nitrogen functional groups attached to an aromatic ring is 1. The summed E-state index contributed by atoms with van der Waals surface area (Å²) >= 11 is 1.82. The molecule has 5 nitrogen and oxygen atoms in total. The maximum Gasteiger partial charge on any atom is 0.242 e. The number of hydrogen-bond donors (Lipinski definition) is 2. The highest BCUT2D eigenvalue weighted by molar-refractivity contribution is 7.98. The van der Waals surface area contributed by atoms with Crippen molar-refractivity contribution in [1.82, 2.24) is 4.72 Å². The van der Waals surface area contributed by atoms with E-state index in [-0.39, 0.29) is 10.6 Å². The van der Waals surface area contributed by atoms with Gasteiger partial charge in [0.25, 0.3) is 0 Å². The van der Waals surface area contributed by atoms with Crippen LogP contribution in [0.4, 0.5) is 5.69 Å². The van der Waals surface area contributed by atoms with E-state index in [1.807, 2.05) is 17.8 Å². The molecule has 0 heterocycles. The number of nitrogens with one attached hydrogen (secondary N) is 1. The van der Waals surface area contributed by atoms with Gasteiger partial charge in [0.15, 0.2) is 0 Å². The zero-order valence-electron chi connectivity index (χ0n) is 12.1. The number of nitriles is 1. The van der Waals surface area contributed by atoms with Crippen molar-refractivity contribution in [2.24, 2.45) is 0 Å². The Balaban J connectivity index is 2.49. The van der Waals surface area contributed by atoms with Crippen molar-refractivity contribution in [1.29, 1.82) is 5.26 Å². The Kier molecular flexibility index (Phi) is 7.57. The van der Waals surface area contributed by atoms with Crippen LogP contribution in [0.1, 0.15) is 31.2 Å². The third kappa shape index (κ3) is 5.96. The highest BCUT2D eigenvalue weighted by atomic mass is 32.2. The Bertz CT molecular complexity index is 595. The number of unbranched alkanes of at least 4 members (excludes halogenated alkanes) is 3. The van der Waals surface area contributed by atoms with Crippen LogP contribution >= 0.6 is 11.8 Å². The summed E-state index contributed by atoms with van der Waals surface area (Å²) in [5, 5.41) is 8.75. The van der Waals surface area contributed by atoms with Crippen LogP contribution in [0.3, 0.4) is 0 Å². The molecule has 0 bridgehead atoms. The molecule has 0 aliphatic heterocycles. The van der Waals surface area contributed by atoms with E-state index < -0.39 is 10.0 Å². The topological polar surface area (TPSA) is 96.0 Å². The van der Waals surface area contributed by atoms with Crippen molar-refractivity contribution in [3.63, 3.8) is 0 Å². The highest BCUT2D eigenvalue weighted by Crippen LogP contribution is 2.19. The molecule has 0 unspecified atom stereocenters. The number of rotatable bonds is 9. The van der Waals surface area contributed by atoms with Crippen LogP contribution in [0.2, 0.25) is 0 Å². The molecule has 0 saturated heterocycles. The summed E-state index contributed by atoms with van der Waals surface area (Å²) < 4.78 is 26.8. The lowest BCUT2D eigenvalue weighted by molar-refractivity contribution is 0.574. The SMILES string of the molecule is CSCCCCCCNS(=O)(=O)c1ccc(C#N)cc1N. The molecule has 0 spiro atoms. The molecule has 0 amide bonds. The third-order valence-electron chi connectivity index (χ3n) is 3.00. The summed E-state index contributed by atoms with van der Waals surface area (Å²) in [5.74, 6) is 1.15. The maximum absolute atomic E-state index is 12.1. The van der Waals surface area contributed by atoms with Crippen LogP contribution < -0.4 is 10.5 Å². The van der Waals surface area contributed by atoms with Gasteiger partial charge >= 0.3 is 0 Å². The number of sulfonamides is 1. The Morgan fingerprint density at radius 2 is 2.00 bits per heavy atom. The summed E-state index contributed by atoms with van der Waals surface area (Å²) in [7, 11) is -3.60. The monoisotopic (exact) mass is 327 g/mol. The zero-order valence-corrected chi connectivity index (χ0v) is 13.8. The van der Waals surface area contributed by atoms with Gasteiger partial charge in [0, 0.05) is 6.54 Å². The van der Waals surface area contributed by atoms with Crippen LogP contribution in [0.5, 0.6) is 0 Å². The number of nitrogens with zero attached hydrogens (tertiary/aromatic N) is 1. The smallest absolute Gasteiger partial charge is 0.242 e. The van der Waals surface area contributed by atoms with E-state index in [2.05, 4.69) is 11.0 Å². The van der Waals surface area contributed by atoms with Gasteiger partial charge in [0.05, 0.1) is 17.3 Å². The maximum atomic E-state index is 12.1. The fourth-order valence-corrected chi connectivity index (χ4v) is 3.55. The summed E-state index contributed by atoms with van der Waals surface area (Å²) in [6.45, 7) is 0.404. The normalized spacial score (nSPS) is 11.2. The first kappa shape index (κ1) is 17.8. The minimum atomic E-state index is -3.60. The summed E-state index contributed by atoms with van der Waals surface area (Å²) in [4.78, 5) is 0.0314. The molecule has 1 aromatic rings. The summed E-state index contributed by atoms with van der Waals surface area (Å²) in [5.41, 5.74) is 6.14. The second kappa shape index (κ2) is 8.93. The first-order valence-electron chi connectivity index (χ1n) is 6.79. The lowest BCUT2D eigenvalue weighted by Crippen LogP contribution is -2.25. The number of hydrogen-bond acceptors (Lipinski definition) is 5. The van der Waals surface area contributed by atoms with Crippen LogP contribution in [0.25, 0.3) is 0 Å². The number of anilines is 1. The van der Waals surface area contributed by atoms with Crippen LogP contribution in [-0.4, -0.2) is 27.0 Å². The van der Waals surface area contributed by atoms with Crippen molar-refractivity contribution in [3.05, 3.63) is 23.8 Å². The van der Waals surface area contributed by atoms with E-state index in [1.54, 1.807) is 0 Å². The van der Waals surface area contributed by atoms with E-state index in [4.69, 9.17) is 11.0 Å². The van der Waals surface area contributed by atoms with E-state index in [9.17, 15) is 8.42 Å². The predicted octanol–water partition coefficient (Wildman–Crippen LogP) is 2.34. The van der Waals surface area contributed by atoms with Gasteiger partial charge in [-0.3, -0.25) is 0 Å². The highest BCUT2D eigenvalue weighted by Gasteiger charge is 2.16. The second-order valence-corrected chi connectivity index (χ2v) is 7.39. The van der Waals surface area contributed by atoms with Gasteiger partial charge in [0.1, 0.15) is 4.90 Å². The van der Waals surface area contributed by atoms with Gasteiger partial charge in [-0.2, -0.15) is 17.0 Å². The van der Waals surface area contributed by atoms with E-state index in [1.165, 1.54) is 18.2 Å². The van der Waals surface area contributed by atoms with Crippen molar-refractivity contribution >= 4 is 27.5 Å². The lowest BCUT2D eigenvalue weighted by atomic mass is 10.2. The van der Waals surface area contributed by atoms with Crippen LogP contribution in [0, 0.1) is 11.3 Å². The second-order valence-electron chi connectivity index (χ2n) is 4.67. The Morgan fingerprint density at radius 1 is 1.29 bits per heavy atom. The number of benzene rings is 1. The van der Waals surface area contributed by atoms with E-state index >= 15 is 0 Å². The largest absolute Gasteiger partial charge is 0.398 e.